The molecule has 1 aliphatic heterocycles. The smallest absolute Gasteiger partial charge is 0.244 e. The van der Waals surface area contributed by atoms with Gasteiger partial charge in [0.2, 0.25) is 15.9 Å². The van der Waals surface area contributed by atoms with E-state index >= 15 is 0 Å². The van der Waals surface area contributed by atoms with E-state index in [9.17, 15) is 13.2 Å². The summed E-state index contributed by atoms with van der Waals surface area (Å²) >= 11 is 0. The lowest BCUT2D eigenvalue weighted by Gasteiger charge is -2.35. The molecule has 9 heteroatoms. The zero-order valence-electron chi connectivity index (χ0n) is 16.1. The van der Waals surface area contributed by atoms with E-state index < -0.39 is 10.0 Å². The van der Waals surface area contributed by atoms with Crippen LogP contribution in [0.4, 0.5) is 5.82 Å². The highest BCUT2D eigenvalue weighted by Crippen LogP contribution is 2.20. The number of piperazine rings is 1. The fourth-order valence-corrected chi connectivity index (χ4v) is 4.67. The van der Waals surface area contributed by atoms with Crippen LogP contribution in [0.15, 0.2) is 23.2 Å². The van der Waals surface area contributed by atoms with Crippen LogP contribution in [0.3, 0.4) is 0 Å². The van der Waals surface area contributed by atoms with Gasteiger partial charge in [0.1, 0.15) is 10.7 Å². The summed E-state index contributed by atoms with van der Waals surface area (Å²) in [4.78, 5) is 20.8. The molecular formula is C18H29N5O3S. The predicted octanol–water partition coefficient (Wildman–Crippen LogP) is 0.513. The fourth-order valence-electron chi connectivity index (χ4n) is 3.26. The Kier molecular flexibility index (Phi) is 6.33. The van der Waals surface area contributed by atoms with Gasteiger partial charge >= 0.3 is 0 Å². The summed E-state index contributed by atoms with van der Waals surface area (Å²) in [7, 11) is -3.48. The van der Waals surface area contributed by atoms with Crippen LogP contribution in [0, 0.1) is 0 Å². The van der Waals surface area contributed by atoms with E-state index in [0.717, 1.165) is 44.8 Å². The third kappa shape index (κ3) is 4.97. The largest absolute Gasteiger partial charge is 0.354 e. The third-order valence-corrected chi connectivity index (χ3v) is 7.10. The number of pyridine rings is 1. The van der Waals surface area contributed by atoms with Crippen LogP contribution in [0.25, 0.3) is 0 Å². The number of carbonyl (C=O) groups is 1. The highest BCUT2D eigenvalue weighted by Gasteiger charge is 2.26. The van der Waals surface area contributed by atoms with Gasteiger partial charge in [-0.1, -0.05) is 13.8 Å². The summed E-state index contributed by atoms with van der Waals surface area (Å²) in [5, 5.41) is 3.02. The molecule has 1 N–H and O–H groups in total. The Morgan fingerprint density at radius 3 is 2.37 bits per heavy atom. The normalized spacial score (nSPS) is 18.7. The highest BCUT2D eigenvalue weighted by molar-refractivity contribution is 7.89. The number of nitrogens with zero attached hydrogens (tertiary/aromatic N) is 4. The summed E-state index contributed by atoms with van der Waals surface area (Å²) in [5.41, 5.74) is 0. The molecule has 27 heavy (non-hydrogen) atoms. The van der Waals surface area contributed by atoms with Gasteiger partial charge < -0.3 is 10.2 Å². The summed E-state index contributed by atoms with van der Waals surface area (Å²) in [6.07, 6.45) is 3.65. The molecule has 8 nitrogen and oxygen atoms in total. The standard InChI is InChI=1S/C18H29N5O3S/c1-3-23(4-2)27(25,26)16-7-8-17(19-13-16)22-11-9-21(10-12-22)14-18(24)20-15-5-6-15/h7-8,13,15H,3-6,9-12,14H2,1-2H3,(H,20,24). The Morgan fingerprint density at radius 2 is 1.85 bits per heavy atom. The molecule has 0 radical (unpaired) electrons. The number of nitrogens with one attached hydrogen (secondary N) is 1. The summed E-state index contributed by atoms with van der Waals surface area (Å²) in [5.74, 6) is 0.880. The SMILES string of the molecule is CCN(CC)S(=O)(=O)c1ccc(N2CCN(CC(=O)NC3CC3)CC2)nc1. The van der Waals surface area contributed by atoms with Gasteiger partial charge in [-0.3, -0.25) is 9.69 Å². The van der Waals surface area contributed by atoms with Crippen molar-refractivity contribution in [3.8, 4) is 0 Å². The molecule has 1 aromatic rings. The van der Waals surface area contributed by atoms with Crippen molar-refractivity contribution in [3.63, 3.8) is 0 Å². The summed E-state index contributed by atoms with van der Waals surface area (Å²) in [6, 6.07) is 3.80. The number of hydrogen-bond acceptors (Lipinski definition) is 6. The van der Waals surface area contributed by atoms with Crippen molar-refractivity contribution >= 4 is 21.7 Å². The van der Waals surface area contributed by atoms with Crippen LogP contribution in [0.1, 0.15) is 26.7 Å². The maximum atomic E-state index is 12.5. The van der Waals surface area contributed by atoms with Gasteiger partial charge in [-0.2, -0.15) is 4.31 Å². The molecule has 2 heterocycles. The molecule has 1 aliphatic carbocycles. The van der Waals surface area contributed by atoms with Gasteiger partial charge in [0.25, 0.3) is 0 Å². The van der Waals surface area contributed by atoms with Crippen LogP contribution in [0.2, 0.25) is 0 Å². The molecular weight excluding hydrogens is 366 g/mol. The number of anilines is 1. The topological polar surface area (TPSA) is 85.9 Å². The van der Waals surface area contributed by atoms with Crippen molar-refractivity contribution in [1.29, 1.82) is 0 Å². The number of rotatable bonds is 8. The van der Waals surface area contributed by atoms with Crippen LogP contribution < -0.4 is 10.2 Å². The Hall–Kier alpha value is -1.71. The lowest BCUT2D eigenvalue weighted by Crippen LogP contribution is -2.50. The van der Waals surface area contributed by atoms with Gasteiger partial charge in [-0.25, -0.2) is 13.4 Å². The quantitative estimate of drug-likeness (QED) is 0.690. The molecule has 1 saturated carbocycles. The first-order chi connectivity index (χ1) is 12.9. The minimum absolute atomic E-state index is 0.107. The maximum absolute atomic E-state index is 12.5. The average Bonchev–Trinajstić information content (AvgIpc) is 3.47. The molecule has 1 saturated heterocycles. The first-order valence-corrected chi connectivity index (χ1v) is 11.1. The number of sulfonamides is 1. The molecule has 2 fully saturated rings. The van der Waals surface area contributed by atoms with Crippen LogP contribution in [-0.2, 0) is 14.8 Å². The van der Waals surface area contributed by atoms with Crippen molar-refractivity contribution in [3.05, 3.63) is 18.3 Å². The number of aromatic nitrogens is 1. The van der Waals surface area contributed by atoms with Crippen molar-refractivity contribution in [2.75, 3.05) is 50.7 Å². The van der Waals surface area contributed by atoms with Gasteiger partial charge in [0.15, 0.2) is 0 Å². The van der Waals surface area contributed by atoms with Gasteiger partial charge in [0.05, 0.1) is 6.54 Å². The van der Waals surface area contributed by atoms with E-state index in [1.54, 1.807) is 12.1 Å². The molecule has 0 aromatic carbocycles. The minimum atomic E-state index is -3.48. The monoisotopic (exact) mass is 395 g/mol. The lowest BCUT2D eigenvalue weighted by molar-refractivity contribution is -0.122. The second kappa shape index (κ2) is 8.53. The molecule has 150 valence electrons. The Labute approximate surface area is 161 Å². The van der Waals surface area contributed by atoms with E-state index in [0.29, 0.717) is 25.7 Å². The van der Waals surface area contributed by atoms with Crippen molar-refractivity contribution in [2.45, 2.75) is 37.6 Å². The van der Waals surface area contributed by atoms with Gasteiger partial charge in [0, 0.05) is 51.5 Å². The molecule has 2 aliphatic rings. The first-order valence-electron chi connectivity index (χ1n) is 9.67. The second-order valence-corrected chi connectivity index (χ2v) is 8.98. The Bertz CT molecular complexity index is 737. The Balaban J connectivity index is 1.54. The molecule has 1 amide bonds. The summed E-state index contributed by atoms with van der Waals surface area (Å²) in [6.45, 7) is 8.10. The van der Waals surface area contributed by atoms with Crippen LogP contribution in [-0.4, -0.2) is 80.4 Å². The van der Waals surface area contributed by atoms with Gasteiger partial charge in [-0.15, -0.1) is 0 Å². The van der Waals surface area contributed by atoms with Crippen molar-refractivity contribution in [1.82, 2.24) is 19.5 Å². The fraction of sp³-hybridized carbons (Fsp3) is 0.667. The maximum Gasteiger partial charge on any atom is 0.244 e. The third-order valence-electron chi connectivity index (χ3n) is 5.07. The highest BCUT2D eigenvalue weighted by atomic mass is 32.2. The molecule has 0 bridgehead atoms. The van der Waals surface area contributed by atoms with Crippen LogP contribution in [0.5, 0.6) is 0 Å². The first kappa shape index (κ1) is 20.0. The molecule has 0 atom stereocenters. The van der Waals surface area contributed by atoms with E-state index in [-0.39, 0.29) is 10.8 Å². The average molecular weight is 396 g/mol. The molecule has 1 aromatic heterocycles. The lowest BCUT2D eigenvalue weighted by atomic mass is 10.3. The number of amides is 1. The van der Waals surface area contributed by atoms with E-state index in [1.165, 1.54) is 10.5 Å². The zero-order chi connectivity index (χ0) is 19.4. The zero-order valence-corrected chi connectivity index (χ0v) is 16.9. The number of carbonyl (C=O) groups excluding carboxylic acids is 1. The Morgan fingerprint density at radius 1 is 1.19 bits per heavy atom. The number of hydrogen-bond donors (Lipinski definition) is 1. The predicted molar refractivity (Wildman–Crippen MR) is 104 cm³/mol. The molecule has 0 unspecified atom stereocenters. The second-order valence-electron chi connectivity index (χ2n) is 7.05. The summed E-state index contributed by atoms with van der Waals surface area (Å²) < 4.78 is 26.5. The molecule has 3 rings (SSSR count). The van der Waals surface area contributed by atoms with Crippen molar-refractivity contribution in [2.24, 2.45) is 0 Å². The van der Waals surface area contributed by atoms with Crippen LogP contribution >= 0.6 is 0 Å². The van der Waals surface area contributed by atoms with Crippen molar-refractivity contribution < 1.29 is 13.2 Å². The van der Waals surface area contributed by atoms with E-state index in [1.807, 2.05) is 13.8 Å². The minimum Gasteiger partial charge on any atom is -0.354 e. The van der Waals surface area contributed by atoms with E-state index in [2.05, 4.69) is 20.1 Å². The molecule has 0 spiro atoms. The van der Waals surface area contributed by atoms with E-state index in [4.69, 9.17) is 0 Å². The van der Waals surface area contributed by atoms with Gasteiger partial charge in [-0.05, 0) is 25.0 Å².